The molecule has 0 spiro atoms. The number of rotatable bonds is 6. The Morgan fingerprint density at radius 3 is 2.80 bits per heavy atom. The number of anilines is 2. The molecule has 30 heavy (non-hydrogen) atoms. The molecule has 1 atom stereocenters. The van der Waals surface area contributed by atoms with Crippen LogP contribution in [0, 0.1) is 0 Å². The molecule has 0 saturated carbocycles. The lowest BCUT2D eigenvalue weighted by Gasteiger charge is -2.12. The maximum atomic E-state index is 12.7. The Morgan fingerprint density at radius 1 is 1.30 bits per heavy atom. The lowest BCUT2D eigenvalue weighted by molar-refractivity contribution is -0.116. The highest BCUT2D eigenvalue weighted by Crippen LogP contribution is 2.36. The maximum absolute atomic E-state index is 12.7. The summed E-state index contributed by atoms with van der Waals surface area (Å²) < 4.78 is 30.6. The lowest BCUT2D eigenvalue weighted by Crippen LogP contribution is -2.18. The first-order valence-corrected chi connectivity index (χ1v) is 12.1. The van der Waals surface area contributed by atoms with Gasteiger partial charge in [-0.05, 0) is 36.4 Å². The molecule has 1 aliphatic heterocycles. The van der Waals surface area contributed by atoms with Gasteiger partial charge >= 0.3 is 0 Å². The van der Waals surface area contributed by atoms with Crippen LogP contribution < -0.4 is 15.4 Å². The molecule has 0 aromatic heterocycles. The second-order valence-corrected chi connectivity index (χ2v) is 10.8. The minimum absolute atomic E-state index is 0.0600. The SMILES string of the molecule is COc1ccc(Cl)cc1NC(=O)CCS(=O)(=O)c1ccc2c(c1)NC(=O)CC(C)S2. The van der Waals surface area contributed by atoms with E-state index in [9.17, 15) is 18.0 Å². The third-order valence-electron chi connectivity index (χ3n) is 4.42. The van der Waals surface area contributed by atoms with Crippen LogP contribution in [0.5, 0.6) is 5.75 Å². The van der Waals surface area contributed by atoms with Gasteiger partial charge in [0.1, 0.15) is 5.75 Å². The number of benzene rings is 2. The Kier molecular flexibility index (Phi) is 6.95. The van der Waals surface area contributed by atoms with E-state index in [1.165, 1.54) is 37.1 Å². The first-order valence-electron chi connectivity index (χ1n) is 9.14. The number of methoxy groups -OCH3 is 1. The Hall–Kier alpha value is -2.23. The Labute approximate surface area is 184 Å². The number of carbonyl (C=O) groups is 2. The number of hydrogen-bond donors (Lipinski definition) is 2. The van der Waals surface area contributed by atoms with Gasteiger partial charge in [0.2, 0.25) is 11.8 Å². The molecule has 0 aliphatic carbocycles. The summed E-state index contributed by atoms with van der Waals surface area (Å²) in [5.41, 5.74) is 0.842. The van der Waals surface area contributed by atoms with Gasteiger partial charge in [0.05, 0.1) is 29.1 Å². The van der Waals surface area contributed by atoms with Crippen LogP contribution in [0.3, 0.4) is 0 Å². The summed E-state index contributed by atoms with van der Waals surface area (Å²) >= 11 is 7.46. The first kappa shape index (κ1) is 22.5. The van der Waals surface area contributed by atoms with E-state index in [4.69, 9.17) is 16.3 Å². The number of carbonyl (C=O) groups excluding carboxylic acids is 2. The molecule has 3 rings (SSSR count). The van der Waals surface area contributed by atoms with Gasteiger partial charge in [0, 0.05) is 28.0 Å². The van der Waals surface area contributed by atoms with Crippen molar-refractivity contribution in [3.8, 4) is 5.75 Å². The molecule has 0 bridgehead atoms. The number of amides is 2. The van der Waals surface area contributed by atoms with Gasteiger partial charge in [-0.2, -0.15) is 0 Å². The van der Waals surface area contributed by atoms with Crippen LogP contribution in [0.15, 0.2) is 46.2 Å². The van der Waals surface area contributed by atoms with Gasteiger partial charge in [-0.1, -0.05) is 18.5 Å². The molecular formula is C20H21ClN2O5S2. The minimum Gasteiger partial charge on any atom is -0.495 e. The first-order chi connectivity index (χ1) is 14.2. The van der Waals surface area contributed by atoms with Crippen LogP contribution >= 0.6 is 23.4 Å². The minimum atomic E-state index is -3.73. The van der Waals surface area contributed by atoms with Crippen LogP contribution in [0.2, 0.25) is 5.02 Å². The predicted molar refractivity (Wildman–Crippen MR) is 118 cm³/mol. The summed E-state index contributed by atoms with van der Waals surface area (Å²) in [6.45, 7) is 1.94. The Morgan fingerprint density at radius 2 is 2.07 bits per heavy atom. The molecule has 7 nitrogen and oxygen atoms in total. The van der Waals surface area contributed by atoms with Crippen LogP contribution in [-0.2, 0) is 19.4 Å². The topological polar surface area (TPSA) is 102 Å². The van der Waals surface area contributed by atoms with Crippen molar-refractivity contribution < 1.29 is 22.7 Å². The normalized spacial score (nSPS) is 16.2. The second kappa shape index (κ2) is 9.28. The zero-order valence-corrected chi connectivity index (χ0v) is 18.8. The molecule has 1 aliphatic rings. The van der Waals surface area contributed by atoms with Gasteiger partial charge in [0.15, 0.2) is 9.84 Å². The summed E-state index contributed by atoms with van der Waals surface area (Å²) in [5.74, 6) is -0.591. The molecular weight excluding hydrogens is 448 g/mol. The van der Waals surface area contributed by atoms with Gasteiger partial charge in [-0.15, -0.1) is 11.8 Å². The third-order valence-corrected chi connectivity index (χ3v) is 7.55. The van der Waals surface area contributed by atoms with Crippen LogP contribution in [0.1, 0.15) is 19.8 Å². The van der Waals surface area contributed by atoms with Crippen molar-refractivity contribution in [3.05, 3.63) is 41.4 Å². The van der Waals surface area contributed by atoms with E-state index in [0.717, 1.165) is 4.90 Å². The van der Waals surface area contributed by atoms with E-state index in [1.54, 1.807) is 18.2 Å². The van der Waals surface area contributed by atoms with Crippen molar-refractivity contribution >= 4 is 56.4 Å². The fourth-order valence-corrected chi connectivity index (χ4v) is 5.45. The second-order valence-electron chi connectivity index (χ2n) is 6.80. The summed E-state index contributed by atoms with van der Waals surface area (Å²) in [5, 5.41) is 5.89. The molecule has 2 aromatic rings. The molecule has 2 amide bonds. The van der Waals surface area contributed by atoms with Crippen LogP contribution in [-0.4, -0.2) is 38.3 Å². The monoisotopic (exact) mass is 468 g/mol. The number of nitrogens with one attached hydrogen (secondary N) is 2. The average Bonchev–Trinajstić information content (AvgIpc) is 2.82. The van der Waals surface area contributed by atoms with E-state index < -0.39 is 15.7 Å². The van der Waals surface area contributed by atoms with Crippen molar-refractivity contribution in [2.24, 2.45) is 0 Å². The summed E-state index contributed by atoms with van der Waals surface area (Å²) in [7, 11) is -2.27. The maximum Gasteiger partial charge on any atom is 0.225 e. The molecule has 0 radical (unpaired) electrons. The molecule has 10 heteroatoms. The number of ether oxygens (including phenoxy) is 1. The van der Waals surface area contributed by atoms with E-state index in [-0.39, 0.29) is 28.2 Å². The van der Waals surface area contributed by atoms with E-state index in [2.05, 4.69) is 10.6 Å². The molecule has 2 N–H and O–H groups in total. The van der Waals surface area contributed by atoms with Crippen molar-refractivity contribution in [3.63, 3.8) is 0 Å². The average molecular weight is 469 g/mol. The number of halogens is 1. The van der Waals surface area contributed by atoms with Crippen molar-refractivity contribution in [2.75, 3.05) is 23.5 Å². The molecule has 1 heterocycles. The van der Waals surface area contributed by atoms with Crippen LogP contribution in [0.25, 0.3) is 0 Å². The fourth-order valence-electron chi connectivity index (χ4n) is 2.96. The van der Waals surface area contributed by atoms with Crippen molar-refractivity contribution in [1.82, 2.24) is 0 Å². The molecule has 0 fully saturated rings. The summed E-state index contributed by atoms with van der Waals surface area (Å²) in [4.78, 5) is 25.1. The number of fused-ring (bicyclic) bond motifs is 1. The molecule has 160 valence electrons. The Bertz CT molecular complexity index is 1090. The van der Waals surface area contributed by atoms with Gasteiger partial charge in [-0.25, -0.2) is 8.42 Å². The summed E-state index contributed by atoms with van der Waals surface area (Å²) in [6.07, 6.45) is 0.113. The Balaban J connectivity index is 1.71. The molecule has 1 unspecified atom stereocenters. The highest BCUT2D eigenvalue weighted by Gasteiger charge is 2.23. The molecule has 0 saturated heterocycles. The fraction of sp³-hybridized carbons (Fsp3) is 0.300. The zero-order chi connectivity index (χ0) is 21.9. The largest absolute Gasteiger partial charge is 0.495 e. The van der Waals surface area contributed by atoms with E-state index >= 15 is 0 Å². The van der Waals surface area contributed by atoms with E-state index in [1.807, 2.05) is 6.92 Å². The molecule has 2 aromatic carbocycles. The lowest BCUT2D eigenvalue weighted by atomic mass is 10.3. The highest BCUT2D eigenvalue weighted by molar-refractivity contribution is 8.00. The van der Waals surface area contributed by atoms with Gasteiger partial charge < -0.3 is 15.4 Å². The smallest absolute Gasteiger partial charge is 0.225 e. The predicted octanol–water partition coefficient (Wildman–Crippen LogP) is 3.97. The zero-order valence-electron chi connectivity index (χ0n) is 16.4. The number of thioether (sulfide) groups is 1. The summed E-state index contributed by atoms with van der Waals surface area (Å²) in [6, 6.07) is 9.40. The highest BCUT2D eigenvalue weighted by atomic mass is 35.5. The standard InChI is InChI=1S/C20H21ClN2O5S2/c1-12-9-20(25)23-16-11-14(4-6-18(16)29-12)30(26,27)8-7-19(24)22-15-10-13(21)3-5-17(15)28-2/h3-6,10-12H,7-9H2,1-2H3,(H,22,24)(H,23,25). The van der Waals surface area contributed by atoms with Gasteiger partial charge in [0.25, 0.3) is 0 Å². The van der Waals surface area contributed by atoms with Crippen molar-refractivity contribution in [2.45, 2.75) is 34.8 Å². The van der Waals surface area contributed by atoms with Gasteiger partial charge in [-0.3, -0.25) is 9.59 Å². The van der Waals surface area contributed by atoms with E-state index in [0.29, 0.717) is 28.6 Å². The number of hydrogen-bond acceptors (Lipinski definition) is 6. The quantitative estimate of drug-likeness (QED) is 0.665. The van der Waals surface area contributed by atoms with Crippen molar-refractivity contribution in [1.29, 1.82) is 0 Å². The number of sulfone groups is 1. The van der Waals surface area contributed by atoms with Crippen LogP contribution in [0.4, 0.5) is 11.4 Å². The third kappa shape index (κ3) is 5.47.